The first-order valence-electron chi connectivity index (χ1n) is 12.8. The van der Waals surface area contributed by atoms with Crippen molar-refractivity contribution in [3.05, 3.63) is 70.8 Å². The van der Waals surface area contributed by atoms with Crippen molar-refractivity contribution >= 4 is 43.7 Å². The van der Waals surface area contributed by atoms with E-state index in [0.29, 0.717) is 6.54 Å². The van der Waals surface area contributed by atoms with Crippen LogP contribution in [0.2, 0.25) is 0 Å². The molecule has 10 rings (SSSR count). The van der Waals surface area contributed by atoms with E-state index in [1.807, 2.05) is 24.3 Å². The molecule has 0 spiro atoms. The quantitative estimate of drug-likeness (QED) is 0.317. The van der Waals surface area contributed by atoms with Gasteiger partial charge in [0.05, 0.1) is 20.5 Å². The molecule has 0 aromatic heterocycles. The van der Waals surface area contributed by atoms with E-state index in [1.165, 1.54) is 38.5 Å². The number of nitrogens with zero attached hydrogens (tertiary/aromatic N) is 1. The van der Waals surface area contributed by atoms with Crippen LogP contribution in [0.3, 0.4) is 0 Å². The van der Waals surface area contributed by atoms with Gasteiger partial charge in [0.1, 0.15) is 0 Å². The molecule has 0 radical (unpaired) electrons. The lowest BCUT2D eigenvalue weighted by Gasteiger charge is -2.57. The van der Waals surface area contributed by atoms with Gasteiger partial charge in [0.2, 0.25) is 11.8 Å². The summed E-state index contributed by atoms with van der Waals surface area (Å²) in [6.07, 6.45) is 7.70. The van der Waals surface area contributed by atoms with Crippen LogP contribution >= 0.6 is 31.9 Å². The molecule has 5 heteroatoms. The first-order chi connectivity index (χ1) is 16.3. The second-order valence-corrected chi connectivity index (χ2v) is 14.7. The summed E-state index contributed by atoms with van der Waals surface area (Å²) in [5, 5.41) is 0. The highest BCUT2D eigenvalue weighted by Gasteiger charge is 2.72. The number of benzene rings is 2. The van der Waals surface area contributed by atoms with Crippen molar-refractivity contribution in [2.24, 2.45) is 35.0 Å². The van der Waals surface area contributed by atoms with E-state index in [-0.39, 0.29) is 17.2 Å². The SMILES string of the molecule is O=C1[C@H]2[C@H](C(=O)N1CC13CC4CC(CC(C4)C1)C3)C1(Br)c3ccccc3C2(Br)c2ccccc21. The van der Waals surface area contributed by atoms with Crippen LogP contribution in [0, 0.1) is 35.0 Å². The van der Waals surface area contributed by atoms with Crippen molar-refractivity contribution in [3.63, 3.8) is 0 Å². The summed E-state index contributed by atoms with van der Waals surface area (Å²) in [5.74, 6) is 1.59. The van der Waals surface area contributed by atoms with Gasteiger partial charge in [-0.1, -0.05) is 80.4 Å². The molecule has 4 saturated carbocycles. The minimum absolute atomic E-state index is 0.0236. The van der Waals surface area contributed by atoms with Crippen LogP contribution < -0.4 is 0 Å². The Balaban J connectivity index is 1.27. The molecular formula is C29H27Br2NO2. The molecule has 1 heterocycles. The summed E-state index contributed by atoms with van der Waals surface area (Å²) in [6.45, 7) is 0.625. The summed E-state index contributed by atoms with van der Waals surface area (Å²) < 4.78 is -1.35. The van der Waals surface area contributed by atoms with Crippen molar-refractivity contribution in [3.8, 4) is 0 Å². The molecule has 7 aliphatic carbocycles. The monoisotopic (exact) mass is 579 g/mol. The molecule has 2 aromatic rings. The predicted molar refractivity (Wildman–Crippen MR) is 137 cm³/mol. The zero-order valence-electron chi connectivity index (χ0n) is 19.0. The average Bonchev–Trinajstić information content (AvgIpc) is 3.07. The third-order valence-electron chi connectivity index (χ3n) is 10.3. The maximum Gasteiger partial charge on any atom is 0.235 e. The van der Waals surface area contributed by atoms with Crippen molar-refractivity contribution in [1.29, 1.82) is 0 Å². The molecule has 0 N–H and O–H groups in total. The second kappa shape index (κ2) is 6.45. The lowest BCUT2D eigenvalue weighted by Crippen LogP contribution is -2.56. The van der Waals surface area contributed by atoms with Gasteiger partial charge >= 0.3 is 0 Å². The fraction of sp³-hybridized carbons (Fsp3) is 0.517. The van der Waals surface area contributed by atoms with Crippen LogP contribution in [0.15, 0.2) is 48.5 Å². The highest BCUT2D eigenvalue weighted by atomic mass is 79.9. The summed E-state index contributed by atoms with van der Waals surface area (Å²) in [6, 6.07) is 16.7. The van der Waals surface area contributed by atoms with E-state index in [2.05, 4.69) is 56.1 Å². The minimum atomic E-state index is -0.677. The Labute approximate surface area is 216 Å². The van der Waals surface area contributed by atoms with Crippen molar-refractivity contribution in [2.45, 2.75) is 47.2 Å². The van der Waals surface area contributed by atoms with Gasteiger partial charge < -0.3 is 0 Å². The molecular weight excluding hydrogens is 554 g/mol. The molecule has 2 aromatic carbocycles. The fourth-order valence-corrected chi connectivity index (χ4v) is 12.0. The first kappa shape index (κ1) is 20.7. The highest BCUT2D eigenvalue weighted by molar-refractivity contribution is 9.10. The fourth-order valence-electron chi connectivity index (χ4n) is 9.70. The largest absolute Gasteiger partial charge is 0.281 e. The summed E-state index contributed by atoms with van der Waals surface area (Å²) in [7, 11) is 0. The lowest BCUT2D eigenvalue weighted by molar-refractivity contribution is -0.146. The van der Waals surface area contributed by atoms with Gasteiger partial charge in [-0.3, -0.25) is 14.5 Å². The minimum Gasteiger partial charge on any atom is -0.281 e. The lowest BCUT2D eigenvalue weighted by atomic mass is 9.49. The van der Waals surface area contributed by atoms with E-state index in [9.17, 15) is 9.59 Å². The third-order valence-corrected chi connectivity index (χ3v) is 13.0. The number of hydrogen-bond acceptors (Lipinski definition) is 2. The molecule has 6 bridgehead atoms. The molecule has 1 saturated heterocycles. The van der Waals surface area contributed by atoms with E-state index >= 15 is 0 Å². The number of likely N-dealkylation sites (tertiary alicyclic amines) is 1. The molecule has 3 nitrogen and oxygen atoms in total. The second-order valence-electron chi connectivity index (χ2n) is 12.2. The zero-order valence-corrected chi connectivity index (χ0v) is 22.1. The molecule has 1 aliphatic heterocycles. The van der Waals surface area contributed by atoms with Crippen LogP contribution in [-0.2, 0) is 18.2 Å². The Morgan fingerprint density at radius 1 is 0.676 bits per heavy atom. The van der Waals surface area contributed by atoms with E-state index < -0.39 is 20.5 Å². The number of carbonyl (C=O) groups is 2. The Bertz CT molecular complexity index is 1130. The summed E-state index contributed by atoms with van der Waals surface area (Å²) in [5.41, 5.74) is 4.61. The summed E-state index contributed by atoms with van der Waals surface area (Å²) in [4.78, 5) is 30.3. The Morgan fingerprint density at radius 3 is 1.38 bits per heavy atom. The van der Waals surface area contributed by atoms with E-state index in [1.54, 1.807) is 4.90 Å². The molecule has 2 amide bonds. The average molecular weight is 581 g/mol. The normalized spacial score (nSPS) is 44.9. The molecule has 174 valence electrons. The van der Waals surface area contributed by atoms with E-state index in [0.717, 1.165) is 40.0 Å². The van der Waals surface area contributed by atoms with Crippen LogP contribution in [0.25, 0.3) is 0 Å². The Kier molecular flexibility index (Phi) is 3.93. The van der Waals surface area contributed by atoms with Crippen LogP contribution in [-0.4, -0.2) is 23.3 Å². The molecule has 2 atom stereocenters. The van der Waals surface area contributed by atoms with Crippen LogP contribution in [0.5, 0.6) is 0 Å². The van der Waals surface area contributed by atoms with Crippen LogP contribution in [0.4, 0.5) is 0 Å². The number of halogens is 2. The zero-order chi connectivity index (χ0) is 23.0. The smallest absolute Gasteiger partial charge is 0.235 e. The standard InChI is InChI=1S/C29H27Br2NO2/c30-28-19-5-1-2-6-20(19)29(31,22-8-4-3-7-21(22)28)24-23(28)25(33)32(26(24)34)15-27-12-16-9-17(13-27)11-18(10-16)14-27/h1-8,16-18,23-24H,9-15H2/t16?,17?,18?,23-,24-,27?,28?,29?/m1/s1. The van der Waals surface area contributed by atoms with Gasteiger partial charge in [0.25, 0.3) is 0 Å². The Morgan fingerprint density at radius 2 is 1.03 bits per heavy atom. The number of rotatable bonds is 2. The number of alkyl halides is 2. The van der Waals surface area contributed by atoms with Crippen molar-refractivity contribution < 1.29 is 9.59 Å². The Hall–Kier alpha value is -1.46. The number of imide groups is 1. The topological polar surface area (TPSA) is 37.4 Å². The molecule has 8 aliphatic rings. The maximum atomic E-state index is 14.3. The third kappa shape index (κ3) is 2.26. The first-order valence-corrected chi connectivity index (χ1v) is 14.4. The highest BCUT2D eigenvalue weighted by Crippen LogP contribution is 2.71. The molecule has 5 fully saturated rings. The molecule has 0 unspecified atom stereocenters. The van der Waals surface area contributed by atoms with Gasteiger partial charge in [-0.2, -0.15) is 0 Å². The van der Waals surface area contributed by atoms with Gasteiger partial charge in [0, 0.05) is 6.54 Å². The van der Waals surface area contributed by atoms with E-state index in [4.69, 9.17) is 0 Å². The van der Waals surface area contributed by atoms with Gasteiger partial charge in [-0.25, -0.2) is 0 Å². The van der Waals surface area contributed by atoms with Gasteiger partial charge in [-0.15, -0.1) is 0 Å². The molecule has 34 heavy (non-hydrogen) atoms. The van der Waals surface area contributed by atoms with Crippen molar-refractivity contribution in [2.75, 3.05) is 6.54 Å². The number of amides is 2. The maximum absolute atomic E-state index is 14.3. The van der Waals surface area contributed by atoms with Gasteiger partial charge in [0.15, 0.2) is 0 Å². The van der Waals surface area contributed by atoms with Crippen LogP contribution in [0.1, 0.15) is 60.8 Å². The van der Waals surface area contributed by atoms with Gasteiger partial charge in [-0.05, 0) is 83.9 Å². The predicted octanol–water partition coefficient (Wildman–Crippen LogP) is 6.11. The van der Waals surface area contributed by atoms with Crippen molar-refractivity contribution in [1.82, 2.24) is 4.90 Å². The number of carbonyl (C=O) groups excluding carboxylic acids is 2. The number of hydrogen-bond donors (Lipinski definition) is 0. The summed E-state index contributed by atoms with van der Waals surface area (Å²) >= 11 is 8.26.